The maximum absolute atomic E-state index is 6.61. The van der Waals surface area contributed by atoms with Crippen molar-refractivity contribution in [1.29, 1.82) is 0 Å². The Bertz CT molecular complexity index is 2880. The maximum Gasteiger partial charge on any atom is 0.137 e. The maximum atomic E-state index is 6.61. The number of ether oxygens (including phenoxy) is 1. The number of furan rings is 1. The normalized spacial score (nSPS) is 16.5. The average Bonchev–Trinajstić information content (AvgIpc) is 3.75. The van der Waals surface area contributed by atoms with Crippen LogP contribution in [0.5, 0.6) is 5.75 Å². The number of fused-ring (bicyclic) bond motifs is 10. The number of nitrogens with zero attached hydrogens (tertiary/aromatic N) is 1. The van der Waals surface area contributed by atoms with Crippen LogP contribution in [-0.2, 0) is 0 Å². The Morgan fingerprint density at radius 3 is 2.20 bits per heavy atom. The average molecular weight is 656 g/mol. The molecule has 1 aliphatic carbocycles. The Morgan fingerprint density at radius 1 is 0.529 bits per heavy atom. The van der Waals surface area contributed by atoms with Crippen LogP contribution in [0.3, 0.4) is 0 Å². The summed E-state index contributed by atoms with van der Waals surface area (Å²) in [5.41, 5.74) is 8.66. The molecule has 51 heavy (non-hydrogen) atoms. The number of rotatable bonds is 4. The first-order valence-corrected chi connectivity index (χ1v) is 17.9. The second-order valence-corrected chi connectivity index (χ2v) is 13.9. The van der Waals surface area contributed by atoms with Crippen molar-refractivity contribution in [2.45, 2.75) is 24.9 Å². The summed E-state index contributed by atoms with van der Waals surface area (Å²) in [6.45, 7) is 0. The molecule has 2 atom stereocenters. The molecule has 0 fully saturated rings. The lowest BCUT2D eigenvalue weighted by molar-refractivity contribution is 0.204. The summed E-state index contributed by atoms with van der Waals surface area (Å²) in [4.78, 5) is 2.37. The summed E-state index contributed by atoms with van der Waals surface area (Å²) in [5, 5.41) is 9.70. The largest absolute Gasteiger partial charge is 0.489 e. The third-order valence-corrected chi connectivity index (χ3v) is 11.1. The molecular formula is C48H33NO2. The first-order chi connectivity index (χ1) is 25.3. The lowest BCUT2D eigenvalue weighted by atomic mass is 9.88. The second-order valence-electron chi connectivity index (χ2n) is 13.9. The van der Waals surface area contributed by atoms with Crippen LogP contribution in [0.1, 0.15) is 24.3 Å². The number of hydrogen-bond donors (Lipinski definition) is 0. The Balaban J connectivity index is 1.10. The van der Waals surface area contributed by atoms with Crippen molar-refractivity contribution in [1.82, 2.24) is 0 Å². The molecule has 9 aromatic rings. The minimum Gasteiger partial charge on any atom is -0.489 e. The second kappa shape index (κ2) is 11.1. The van der Waals surface area contributed by atoms with Gasteiger partial charge in [-0.25, -0.2) is 0 Å². The molecule has 0 N–H and O–H groups in total. The van der Waals surface area contributed by atoms with Crippen LogP contribution in [0.2, 0.25) is 0 Å². The molecule has 3 heteroatoms. The number of benzene rings is 8. The van der Waals surface area contributed by atoms with Gasteiger partial charge in [-0.1, -0.05) is 115 Å². The minimum absolute atomic E-state index is 0.209. The molecule has 1 aliphatic heterocycles. The number of allylic oxidation sites excluding steroid dienone is 1. The summed E-state index contributed by atoms with van der Waals surface area (Å²) in [6.07, 6.45) is 6.95. The monoisotopic (exact) mass is 655 g/mol. The zero-order chi connectivity index (χ0) is 33.5. The third-order valence-electron chi connectivity index (χ3n) is 11.1. The van der Waals surface area contributed by atoms with Gasteiger partial charge < -0.3 is 14.1 Å². The van der Waals surface area contributed by atoms with E-state index >= 15 is 0 Å². The zero-order valence-electron chi connectivity index (χ0n) is 27.9. The predicted octanol–water partition coefficient (Wildman–Crippen LogP) is 13.4. The van der Waals surface area contributed by atoms with Crippen molar-refractivity contribution in [2.75, 3.05) is 4.90 Å². The van der Waals surface area contributed by atoms with Crippen molar-refractivity contribution in [3.8, 4) is 16.9 Å². The molecule has 2 heterocycles. The Morgan fingerprint density at radius 2 is 1.25 bits per heavy atom. The topological polar surface area (TPSA) is 25.6 Å². The fourth-order valence-electron chi connectivity index (χ4n) is 8.64. The van der Waals surface area contributed by atoms with Gasteiger partial charge in [-0.15, -0.1) is 0 Å². The molecule has 11 rings (SSSR count). The smallest absolute Gasteiger partial charge is 0.137 e. The minimum atomic E-state index is 0.209. The summed E-state index contributed by atoms with van der Waals surface area (Å²) in [7, 11) is 0. The van der Waals surface area contributed by atoms with Crippen LogP contribution in [0.4, 0.5) is 17.1 Å². The fraction of sp³-hybridized carbons (Fsp3) is 0.0833. The van der Waals surface area contributed by atoms with Gasteiger partial charge >= 0.3 is 0 Å². The van der Waals surface area contributed by atoms with Crippen molar-refractivity contribution >= 4 is 71.3 Å². The van der Waals surface area contributed by atoms with Gasteiger partial charge in [0.25, 0.3) is 0 Å². The van der Waals surface area contributed by atoms with Gasteiger partial charge in [-0.2, -0.15) is 0 Å². The van der Waals surface area contributed by atoms with E-state index in [1.54, 1.807) is 0 Å². The molecule has 0 saturated carbocycles. The Kier molecular flexibility index (Phi) is 6.20. The SMILES string of the molecule is C1=CC2c3ccc(N(c4ccc5c(c4)oc4ccccc45)c4ccc(-c5ccc6c(ccc7ccccc76)c5)c5ccccc45)cc3OC2CC1. The molecule has 0 amide bonds. The highest BCUT2D eigenvalue weighted by molar-refractivity contribution is 6.11. The molecule has 0 radical (unpaired) electrons. The van der Waals surface area contributed by atoms with Gasteiger partial charge in [0.05, 0.1) is 5.69 Å². The van der Waals surface area contributed by atoms with E-state index in [2.05, 4.69) is 157 Å². The lowest BCUT2D eigenvalue weighted by Gasteiger charge is -2.28. The third kappa shape index (κ3) is 4.44. The van der Waals surface area contributed by atoms with Crippen LogP contribution in [0, 0.1) is 0 Å². The highest BCUT2D eigenvalue weighted by Crippen LogP contribution is 2.48. The van der Waals surface area contributed by atoms with Crippen LogP contribution < -0.4 is 9.64 Å². The number of hydrogen-bond acceptors (Lipinski definition) is 3. The van der Waals surface area contributed by atoms with Gasteiger partial charge in [0.15, 0.2) is 0 Å². The Labute approximate surface area is 295 Å². The summed E-state index contributed by atoms with van der Waals surface area (Å²) >= 11 is 0. The van der Waals surface area contributed by atoms with Crippen molar-refractivity contribution in [3.05, 3.63) is 169 Å². The predicted molar refractivity (Wildman–Crippen MR) is 212 cm³/mol. The first-order valence-electron chi connectivity index (χ1n) is 17.9. The highest BCUT2D eigenvalue weighted by atomic mass is 16.5. The van der Waals surface area contributed by atoms with E-state index in [0.717, 1.165) is 57.6 Å². The molecule has 0 spiro atoms. The quantitative estimate of drug-likeness (QED) is 0.139. The fourth-order valence-corrected chi connectivity index (χ4v) is 8.64. The molecule has 242 valence electrons. The molecule has 2 unspecified atom stereocenters. The standard InChI is InChI=1S/C48H33NO2/c1-2-10-35-30(9-1)17-18-31-27-32(19-22-36(31)35)37-25-26-44(39-12-4-3-11-38(37)39)49(33-20-23-42-40-13-5-7-15-45(40)50-47(42)28-33)34-21-24-43-41-14-6-8-16-46(41)51-48(43)29-34/h1-7,9-15,17-29,41,46H,8,16H2. The van der Waals surface area contributed by atoms with Crippen molar-refractivity contribution in [2.24, 2.45) is 0 Å². The van der Waals surface area contributed by atoms with E-state index < -0.39 is 0 Å². The molecule has 8 aromatic carbocycles. The van der Waals surface area contributed by atoms with Gasteiger partial charge in [-0.05, 0) is 87.3 Å². The van der Waals surface area contributed by atoms with Gasteiger partial charge in [0, 0.05) is 51.1 Å². The van der Waals surface area contributed by atoms with Crippen LogP contribution in [-0.4, -0.2) is 6.10 Å². The molecule has 3 nitrogen and oxygen atoms in total. The summed E-state index contributed by atoms with van der Waals surface area (Å²) < 4.78 is 13.0. The first kappa shape index (κ1) is 28.5. The molecule has 0 bridgehead atoms. The van der Waals surface area contributed by atoms with E-state index in [1.165, 1.54) is 49.0 Å². The van der Waals surface area contributed by atoms with Crippen LogP contribution in [0.25, 0.3) is 65.4 Å². The Hall–Kier alpha value is -6.32. The van der Waals surface area contributed by atoms with Crippen molar-refractivity contribution < 1.29 is 9.15 Å². The van der Waals surface area contributed by atoms with Crippen LogP contribution >= 0.6 is 0 Å². The molecular weight excluding hydrogens is 623 g/mol. The summed E-state index contributed by atoms with van der Waals surface area (Å²) in [6, 6.07) is 55.0. The summed E-state index contributed by atoms with van der Waals surface area (Å²) in [5.74, 6) is 1.30. The van der Waals surface area contributed by atoms with Crippen LogP contribution in [0.15, 0.2) is 168 Å². The zero-order valence-corrected chi connectivity index (χ0v) is 27.9. The number of para-hydroxylation sites is 1. The van der Waals surface area contributed by atoms with E-state index in [-0.39, 0.29) is 6.10 Å². The molecule has 1 aromatic heterocycles. The van der Waals surface area contributed by atoms with Gasteiger partial charge in [0.2, 0.25) is 0 Å². The van der Waals surface area contributed by atoms with E-state index in [9.17, 15) is 0 Å². The van der Waals surface area contributed by atoms with E-state index in [1.807, 2.05) is 12.1 Å². The van der Waals surface area contributed by atoms with E-state index in [0.29, 0.717) is 5.92 Å². The van der Waals surface area contributed by atoms with Gasteiger partial charge in [-0.3, -0.25) is 0 Å². The van der Waals surface area contributed by atoms with Crippen molar-refractivity contribution in [3.63, 3.8) is 0 Å². The van der Waals surface area contributed by atoms with E-state index in [4.69, 9.17) is 9.15 Å². The molecule has 2 aliphatic rings. The number of anilines is 3. The highest BCUT2D eigenvalue weighted by Gasteiger charge is 2.34. The molecule has 0 saturated heterocycles. The van der Waals surface area contributed by atoms with Gasteiger partial charge in [0.1, 0.15) is 23.0 Å². The lowest BCUT2D eigenvalue weighted by Crippen LogP contribution is -2.19.